The molecule has 0 radical (unpaired) electrons. The van der Waals surface area contributed by atoms with Gasteiger partial charge in [-0.2, -0.15) is 13.2 Å². The molecule has 0 spiro atoms. The van der Waals surface area contributed by atoms with Crippen LogP contribution in [0.3, 0.4) is 0 Å². The van der Waals surface area contributed by atoms with E-state index < -0.39 is 24.3 Å². The van der Waals surface area contributed by atoms with Crippen LogP contribution >= 0.6 is 19.0 Å². The summed E-state index contributed by atoms with van der Waals surface area (Å²) in [5, 5.41) is 2.00. The molecule has 0 amide bonds. The fourth-order valence-electron chi connectivity index (χ4n) is 2.11. The fourth-order valence-corrected chi connectivity index (χ4v) is 3.43. The molecule has 148 valence electrons. The minimum Gasteiger partial charge on any atom is -0.495 e. The summed E-state index contributed by atoms with van der Waals surface area (Å²) in [6.45, 7) is 3.33. The second-order valence-electron chi connectivity index (χ2n) is 6.06. The van der Waals surface area contributed by atoms with E-state index in [4.69, 9.17) is 16.3 Å². The largest absolute Gasteiger partial charge is 0.495 e. The Labute approximate surface area is 159 Å². The first kappa shape index (κ1) is 21.5. The number of hydrogen-bond donors (Lipinski definition) is 2. The average Bonchev–Trinajstić information content (AvgIpc) is 2.54. The summed E-state index contributed by atoms with van der Waals surface area (Å²) >= 11 is 5.58. The maximum atomic E-state index is 12.7. The average molecular weight is 424 g/mol. The lowest BCUT2D eigenvalue weighted by Crippen LogP contribution is -2.09. The standard InChI is InChI=1S/C16H18ClF3N3O3P/c1-9(2)27(24,25)8-10-4-5-12(13(6-10)26-3)22-15-21-7-11(14(17)23-15)16(18,19)20/h4-7,9H,8H2,1-3H3,(H,24,25)(H,21,22,23). The van der Waals surface area contributed by atoms with E-state index in [1.54, 1.807) is 32.0 Å². The third-order valence-corrected chi connectivity index (χ3v) is 6.50. The van der Waals surface area contributed by atoms with Crippen molar-refractivity contribution in [1.29, 1.82) is 0 Å². The van der Waals surface area contributed by atoms with E-state index in [0.29, 0.717) is 23.2 Å². The molecule has 6 nitrogen and oxygen atoms in total. The molecule has 1 aromatic heterocycles. The van der Waals surface area contributed by atoms with Crippen molar-refractivity contribution in [3.63, 3.8) is 0 Å². The molecule has 0 aliphatic rings. The van der Waals surface area contributed by atoms with E-state index in [2.05, 4.69) is 15.3 Å². The minimum atomic E-state index is -4.65. The Morgan fingerprint density at radius 3 is 2.56 bits per heavy atom. The zero-order valence-electron chi connectivity index (χ0n) is 14.7. The van der Waals surface area contributed by atoms with Gasteiger partial charge in [-0.1, -0.05) is 31.5 Å². The van der Waals surface area contributed by atoms with Gasteiger partial charge in [-0.15, -0.1) is 0 Å². The van der Waals surface area contributed by atoms with Crippen molar-refractivity contribution in [2.75, 3.05) is 12.4 Å². The highest BCUT2D eigenvalue weighted by Gasteiger charge is 2.34. The number of alkyl halides is 3. The molecule has 0 saturated carbocycles. The summed E-state index contributed by atoms with van der Waals surface area (Å²) in [5.74, 6) is 0.171. The zero-order chi connectivity index (χ0) is 20.4. The number of halogens is 4. The summed E-state index contributed by atoms with van der Waals surface area (Å²) < 4.78 is 55.6. The summed E-state index contributed by atoms with van der Waals surface area (Å²) in [6.07, 6.45) is -4.09. The van der Waals surface area contributed by atoms with Gasteiger partial charge in [-0.3, -0.25) is 4.57 Å². The molecule has 1 heterocycles. The van der Waals surface area contributed by atoms with E-state index in [-0.39, 0.29) is 17.8 Å². The highest BCUT2D eigenvalue weighted by atomic mass is 35.5. The van der Waals surface area contributed by atoms with Crippen molar-refractivity contribution in [1.82, 2.24) is 9.97 Å². The smallest absolute Gasteiger partial charge is 0.420 e. The molecule has 2 aromatic rings. The van der Waals surface area contributed by atoms with Crippen molar-refractivity contribution in [3.8, 4) is 5.75 Å². The number of ether oxygens (including phenoxy) is 1. The first-order chi connectivity index (χ1) is 12.4. The molecule has 27 heavy (non-hydrogen) atoms. The number of aromatic nitrogens is 2. The van der Waals surface area contributed by atoms with E-state index >= 15 is 0 Å². The molecule has 2 N–H and O–H groups in total. The van der Waals surface area contributed by atoms with E-state index in [0.717, 1.165) is 0 Å². The quantitative estimate of drug-likeness (QED) is 0.498. The van der Waals surface area contributed by atoms with Gasteiger partial charge in [0, 0.05) is 18.0 Å². The van der Waals surface area contributed by atoms with Crippen molar-refractivity contribution < 1.29 is 27.4 Å². The lowest BCUT2D eigenvalue weighted by atomic mass is 10.2. The van der Waals surface area contributed by atoms with Gasteiger partial charge in [0.1, 0.15) is 16.5 Å². The Balaban J connectivity index is 2.27. The number of rotatable bonds is 6. The molecule has 0 aliphatic heterocycles. The molecule has 0 fully saturated rings. The predicted octanol–water partition coefficient (Wildman–Crippen LogP) is 5.08. The van der Waals surface area contributed by atoms with Crippen LogP contribution in [0.1, 0.15) is 25.0 Å². The lowest BCUT2D eigenvalue weighted by molar-refractivity contribution is -0.137. The molecule has 2 rings (SSSR count). The summed E-state index contributed by atoms with van der Waals surface area (Å²) in [4.78, 5) is 17.2. The number of anilines is 2. The van der Waals surface area contributed by atoms with Crippen LogP contribution in [0.5, 0.6) is 5.75 Å². The molecular formula is C16H18ClF3N3O3P. The van der Waals surface area contributed by atoms with Crippen LogP contribution in [-0.2, 0) is 16.9 Å². The Bertz CT molecular complexity index is 878. The second-order valence-corrected chi connectivity index (χ2v) is 9.28. The molecule has 1 unspecified atom stereocenters. The van der Waals surface area contributed by atoms with Gasteiger partial charge in [-0.05, 0) is 17.7 Å². The normalized spacial score (nSPS) is 14.1. The number of hydrogen-bond acceptors (Lipinski definition) is 5. The molecule has 0 bridgehead atoms. The van der Waals surface area contributed by atoms with Crippen LogP contribution in [0, 0.1) is 0 Å². The molecule has 1 aromatic carbocycles. The van der Waals surface area contributed by atoms with Gasteiger partial charge < -0.3 is 14.9 Å². The first-order valence-electron chi connectivity index (χ1n) is 7.79. The monoisotopic (exact) mass is 423 g/mol. The molecule has 0 aliphatic carbocycles. The minimum absolute atomic E-state index is 0.0239. The Morgan fingerprint density at radius 2 is 2.04 bits per heavy atom. The topological polar surface area (TPSA) is 84.3 Å². The highest BCUT2D eigenvalue weighted by molar-refractivity contribution is 7.57. The fraction of sp³-hybridized carbons (Fsp3) is 0.375. The van der Waals surface area contributed by atoms with Gasteiger partial charge in [0.05, 0.1) is 12.8 Å². The van der Waals surface area contributed by atoms with Gasteiger partial charge in [-0.25, -0.2) is 9.97 Å². The Kier molecular flexibility index (Phi) is 6.39. The predicted molar refractivity (Wildman–Crippen MR) is 97.0 cm³/mol. The van der Waals surface area contributed by atoms with Crippen LogP contribution in [0.2, 0.25) is 5.15 Å². The lowest BCUT2D eigenvalue weighted by Gasteiger charge is -2.17. The first-order valence-corrected chi connectivity index (χ1v) is 10.1. The Hall–Kier alpha value is -1.83. The van der Waals surface area contributed by atoms with Crippen LogP contribution < -0.4 is 10.1 Å². The third-order valence-electron chi connectivity index (χ3n) is 3.78. The third kappa shape index (κ3) is 5.34. The van der Waals surface area contributed by atoms with E-state index in [1.807, 2.05) is 0 Å². The van der Waals surface area contributed by atoms with Gasteiger partial charge in [0.25, 0.3) is 0 Å². The van der Waals surface area contributed by atoms with Gasteiger partial charge >= 0.3 is 6.18 Å². The van der Waals surface area contributed by atoms with Crippen molar-refractivity contribution >= 4 is 30.6 Å². The SMILES string of the molecule is COc1cc(CP(=O)(O)C(C)C)ccc1Nc1ncc(C(F)(F)F)c(Cl)n1. The number of methoxy groups -OCH3 is 1. The van der Waals surface area contributed by atoms with E-state index in [1.165, 1.54) is 7.11 Å². The number of benzene rings is 1. The summed E-state index contributed by atoms with van der Waals surface area (Å²) in [5.41, 5.74) is -0.564. The van der Waals surface area contributed by atoms with Gasteiger partial charge in [0.2, 0.25) is 13.3 Å². The molecule has 1 atom stereocenters. The van der Waals surface area contributed by atoms with Crippen LogP contribution in [0.25, 0.3) is 0 Å². The second kappa shape index (κ2) is 8.04. The van der Waals surface area contributed by atoms with Crippen LogP contribution in [-0.4, -0.2) is 27.6 Å². The van der Waals surface area contributed by atoms with Gasteiger partial charge in [0.15, 0.2) is 0 Å². The van der Waals surface area contributed by atoms with E-state index in [9.17, 15) is 22.6 Å². The Morgan fingerprint density at radius 1 is 1.37 bits per heavy atom. The number of nitrogens with zero attached hydrogens (tertiary/aromatic N) is 2. The maximum absolute atomic E-state index is 12.7. The summed E-state index contributed by atoms with van der Waals surface area (Å²) in [6, 6.07) is 4.74. The molecule has 11 heteroatoms. The maximum Gasteiger partial charge on any atom is 0.420 e. The number of nitrogens with one attached hydrogen (secondary N) is 1. The summed E-state index contributed by atoms with van der Waals surface area (Å²) in [7, 11) is -1.96. The highest BCUT2D eigenvalue weighted by Crippen LogP contribution is 2.49. The van der Waals surface area contributed by atoms with Crippen LogP contribution in [0.4, 0.5) is 24.8 Å². The molecular weight excluding hydrogens is 406 g/mol. The zero-order valence-corrected chi connectivity index (χ0v) is 16.4. The van der Waals surface area contributed by atoms with Crippen LogP contribution in [0.15, 0.2) is 24.4 Å². The van der Waals surface area contributed by atoms with Crippen molar-refractivity contribution in [2.24, 2.45) is 0 Å². The van der Waals surface area contributed by atoms with Crippen molar-refractivity contribution in [3.05, 3.63) is 40.7 Å². The van der Waals surface area contributed by atoms with Crippen molar-refractivity contribution in [2.45, 2.75) is 31.8 Å². The molecule has 0 saturated heterocycles.